The van der Waals surface area contributed by atoms with Crippen LogP contribution in [0.4, 0.5) is 0 Å². The lowest BCUT2D eigenvalue weighted by Crippen LogP contribution is -2.03. The number of methoxy groups -OCH3 is 3. The van der Waals surface area contributed by atoms with Crippen LogP contribution in [-0.2, 0) is 9.53 Å². The number of aliphatic hydroxyl groups is 1. The van der Waals surface area contributed by atoms with Crippen molar-refractivity contribution in [3.8, 4) is 11.5 Å². The summed E-state index contributed by atoms with van der Waals surface area (Å²) in [5.41, 5.74) is 0. The Morgan fingerprint density at radius 3 is 2.48 bits per heavy atom. The Balaban J connectivity index is 2.23. The number of aliphatic hydroxyl groups excluding tert-OH is 1. The van der Waals surface area contributed by atoms with E-state index in [-0.39, 0.29) is 12.4 Å². The molecule has 0 aliphatic rings. The van der Waals surface area contributed by atoms with Crippen LogP contribution in [0, 0.1) is 0 Å². The summed E-state index contributed by atoms with van der Waals surface area (Å²) in [5, 5.41) is 11.1. The zero-order chi connectivity index (χ0) is 15.4. The SMILES string of the molecule is COC(=O)CCC(O)c1cc2cc(OC)c(OC)cc2s1. The third-order valence-electron chi connectivity index (χ3n) is 3.22. The maximum atomic E-state index is 11.1. The van der Waals surface area contributed by atoms with Crippen molar-refractivity contribution in [1.82, 2.24) is 0 Å². The lowest BCUT2D eigenvalue weighted by Gasteiger charge is -2.06. The molecule has 5 nitrogen and oxygen atoms in total. The molecule has 1 unspecified atom stereocenters. The van der Waals surface area contributed by atoms with Gasteiger partial charge in [0, 0.05) is 22.1 Å². The molecule has 0 radical (unpaired) electrons. The van der Waals surface area contributed by atoms with Gasteiger partial charge < -0.3 is 19.3 Å². The molecule has 0 saturated carbocycles. The summed E-state index contributed by atoms with van der Waals surface area (Å²) in [6, 6.07) is 5.67. The molecule has 1 aromatic carbocycles. The summed E-state index contributed by atoms with van der Waals surface area (Å²) in [4.78, 5) is 11.9. The van der Waals surface area contributed by atoms with Crippen LogP contribution in [0.2, 0.25) is 0 Å². The van der Waals surface area contributed by atoms with Crippen molar-refractivity contribution in [2.45, 2.75) is 18.9 Å². The van der Waals surface area contributed by atoms with Gasteiger partial charge in [-0.1, -0.05) is 0 Å². The normalized spacial score (nSPS) is 12.2. The van der Waals surface area contributed by atoms with Crippen molar-refractivity contribution in [3.05, 3.63) is 23.1 Å². The molecular formula is C15H18O5S. The molecule has 0 aliphatic heterocycles. The highest BCUT2D eigenvalue weighted by atomic mass is 32.1. The number of hydrogen-bond acceptors (Lipinski definition) is 6. The fraction of sp³-hybridized carbons (Fsp3) is 0.400. The molecule has 0 fully saturated rings. The number of hydrogen-bond donors (Lipinski definition) is 1. The van der Waals surface area contributed by atoms with Crippen LogP contribution < -0.4 is 9.47 Å². The number of ether oxygens (including phenoxy) is 3. The summed E-state index contributed by atoms with van der Waals surface area (Å²) in [6.45, 7) is 0. The predicted octanol–water partition coefficient (Wildman–Crippen LogP) is 2.91. The van der Waals surface area contributed by atoms with Crippen molar-refractivity contribution in [2.24, 2.45) is 0 Å². The van der Waals surface area contributed by atoms with Crippen molar-refractivity contribution >= 4 is 27.4 Å². The molecule has 114 valence electrons. The van der Waals surface area contributed by atoms with Crippen molar-refractivity contribution in [2.75, 3.05) is 21.3 Å². The number of benzene rings is 1. The minimum atomic E-state index is -0.682. The van der Waals surface area contributed by atoms with Gasteiger partial charge >= 0.3 is 5.97 Å². The highest BCUT2D eigenvalue weighted by Gasteiger charge is 2.15. The Labute approximate surface area is 127 Å². The van der Waals surface area contributed by atoms with Gasteiger partial charge in [0.25, 0.3) is 0 Å². The maximum Gasteiger partial charge on any atom is 0.305 e. The van der Waals surface area contributed by atoms with Crippen molar-refractivity contribution in [1.29, 1.82) is 0 Å². The van der Waals surface area contributed by atoms with Crippen molar-refractivity contribution < 1.29 is 24.1 Å². The van der Waals surface area contributed by atoms with Gasteiger partial charge in [-0.3, -0.25) is 4.79 Å². The molecule has 21 heavy (non-hydrogen) atoms. The zero-order valence-electron chi connectivity index (χ0n) is 12.2. The van der Waals surface area contributed by atoms with Crippen LogP contribution in [0.25, 0.3) is 10.1 Å². The number of carbonyl (C=O) groups is 1. The van der Waals surface area contributed by atoms with Gasteiger partial charge in [-0.2, -0.15) is 0 Å². The van der Waals surface area contributed by atoms with Crippen LogP contribution in [0.5, 0.6) is 11.5 Å². The van der Waals surface area contributed by atoms with Crippen LogP contribution in [-0.4, -0.2) is 32.4 Å². The molecule has 1 atom stereocenters. The van der Waals surface area contributed by atoms with E-state index in [1.165, 1.54) is 18.4 Å². The van der Waals surface area contributed by atoms with Gasteiger partial charge in [0.05, 0.1) is 27.4 Å². The minimum Gasteiger partial charge on any atom is -0.493 e. The van der Waals surface area contributed by atoms with E-state index in [1.807, 2.05) is 18.2 Å². The summed E-state index contributed by atoms with van der Waals surface area (Å²) in [7, 11) is 4.51. The highest BCUT2D eigenvalue weighted by molar-refractivity contribution is 7.19. The summed E-state index contributed by atoms with van der Waals surface area (Å²) in [5.74, 6) is 0.986. The average molecular weight is 310 g/mol. The first kappa shape index (κ1) is 15.6. The average Bonchev–Trinajstić information content (AvgIpc) is 2.93. The monoisotopic (exact) mass is 310 g/mol. The third kappa shape index (κ3) is 3.46. The molecule has 6 heteroatoms. The van der Waals surface area contributed by atoms with Crippen LogP contribution in [0.15, 0.2) is 18.2 Å². The quantitative estimate of drug-likeness (QED) is 0.831. The van der Waals surface area contributed by atoms with E-state index in [0.29, 0.717) is 17.9 Å². The van der Waals surface area contributed by atoms with E-state index in [9.17, 15) is 9.90 Å². The van der Waals surface area contributed by atoms with Gasteiger partial charge in [-0.05, 0) is 23.9 Å². The number of carbonyl (C=O) groups excluding carboxylic acids is 1. The number of fused-ring (bicyclic) bond motifs is 1. The van der Waals surface area contributed by atoms with E-state index < -0.39 is 6.10 Å². The number of esters is 1. The van der Waals surface area contributed by atoms with Crippen LogP contribution in [0.3, 0.4) is 0 Å². The maximum absolute atomic E-state index is 11.1. The van der Waals surface area contributed by atoms with Crippen LogP contribution in [0.1, 0.15) is 23.8 Å². The molecule has 1 N–H and O–H groups in total. The second-order valence-electron chi connectivity index (χ2n) is 4.52. The first-order valence-corrected chi connectivity index (χ1v) is 7.31. The largest absolute Gasteiger partial charge is 0.493 e. The molecule has 0 aliphatic carbocycles. The fourth-order valence-corrected chi connectivity index (χ4v) is 3.15. The van der Waals surface area contributed by atoms with Gasteiger partial charge in [-0.15, -0.1) is 11.3 Å². The van der Waals surface area contributed by atoms with E-state index >= 15 is 0 Å². The smallest absolute Gasteiger partial charge is 0.305 e. The molecule has 0 saturated heterocycles. The highest BCUT2D eigenvalue weighted by Crippen LogP contribution is 2.38. The van der Waals surface area contributed by atoms with Gasteiger partial charge in [0.1, 0.15) is 0 Å². The third-order valence-corrected chi connectivity index (χ3v) is 4.42. The van der Waals surface area contributed by atoms with E-state index in [1.54, 1.807) is 14.2 Å². The van der Waals surface area contributed by atoms with Gasteiger partial charge in [0.15, 0.2) is 11.5 Å². The Kier molecular flexibility index (Phi) is 5.03. The van der Waals surface area contributed by atoms with Gasteiger partial charge in [-0.25, -0.2) is 0 Å². The molecular weight excluding hydrogens is 292 g/mol. The number of thiophene rings is 1. The lowest BCUT2D eigenvalue weighted by atomic mass is 10.1. The molecule has 1 aromatic heterocycles. The lowest BCUT2D eigenvalue weighted by molar-refractivity contribution is -0.141. The van der Waals surface area contributed by atoms with E-state index in [2.05, 4.69) is 4.74 Å². The topological polar surface area (TPSA) is 65.0 Å². The second kappa shape index (κ2) is 6.78. The molecule has 1 heterocycles. The fourth-order valence-electron chi connectivity index (χ4n) is 2.05. The Morgan fingerprint density at radius 1 is 1.19 bits per heavy atom. The first-order chi connectivity index (χ1) is 10.1. The second-order valence-corrected chi connectivity index (χ2v) is 5.64. The Bertz CT molecular complexity index is 593. The van der Waals surface area contributed by atoms with E-state index in [4.69, 9.17) is 9.47 Å². The summed E-state index contributed by atoms with van der Waals surface area (Å²) >= 11 is 1.48. The first-order valence-electron chi connectivity index (χ1n) is 6.49. The van der Waals surface area contributed by atoms with Crippen LogP contribution >= 0.6 is 11.3 Å². The van der Waals surface area contributed by atoms with E-state index in [0.717, 1.165) is 15.0 Å². The standard InChI is InChI=1S/C15H18O5S/c1-18-11-6-9-7-14(10(16)4-5-15(17)20-3)21-13(9)8-12(11)19-2/h6-8,10,16H,4-5H2,1-3H3. The van der Waals surface area contributed by atoms with Crippen molar-refractivity contribution in [3.63, 3.8) is 0 Å². The number of rotatable bonds is 6. The Hall–Kier alpha value is -1.79. The molecule has 2 rings (SSSR count). The molecule has 0 amide bonds. The zero-order valence-corrected chi connectivity index (χ0v) is 13.0. The van der Waals surface area contributed by atoms with Gasteiger partial charge in [0.2, 0.25) is 0 Å². The Morgan fingerprint density at radius 2 is 1.86 bits per heavy atom. The summed E-state index contributed by atoms with van der Waals surface area (Å²) < 4.78 is 16.1. The molecule has 2 aromatic rings. The molecule has 0 bridgehead atoms. The summed E-state index contributed by atoms with van der Waals surface area (Å²) in [6.07, 6.45) is -0.148. The minimum absolute atomic E-state index is 0.193. The molecule has 0 spiro atoms. The predicted molar refractivity (Wildman–Crippen MR) is 81.1 cm³/mol.